The number of furan rings is 1. The van der Waals surface area contributed by atoms with Crippen LogP contribution in [0.1, 0.15) is 29.3 Å². The molecule has 8 heteroatoms. The van der Waals surface area contributed by atoms with Gasteiger partial charge in [0, 0.05) is 11.6 Å². The first-order valence-electron chi connectivity index (χ1n) is 8.97. The van der Waals surface area contributed by atoms with Crippen LogP contribution in [0.5, 0.6) is 0 Å². The molecule has 0 aliphatic carbocycles. The zero-order chi connectivity index (χ0) is 20.9. The zero-order valence-electron chi connectivity index (χ0n) is 15.8. The first-order chi connectivity index (χ1) is 13.8. The maximum Gasteiger partial charge on any atom is 0.241 e. The van der Waals surface area contributed by atoms with Crippen molar-refractivity contribution in [1.29, 1.82) is 0 Å². The van der Waals surface area contributed by atoms with Gasteiger partial charge in [0.15, 0.2) is 0 Å². The average Bonchev–Trinajstić information content (AvgIpc) is 3.22. The van der Waals surface area contributed by atoms with E-state index in [2.05, 4.69) is 10.0 Å². The molecule has 3 rings (SSSR count). The number of nitrogens with one attached hydrogen (secondary N) is 2. The van der Waals surface area contributed by atoms with Crippen LogP contribution in [0.3, 0.4) is 0 Å². The Kier molecular flexibility index (Phi) is 6.74. The predicted molar refractivity (Wildman–Crippen MR) is 111 cm³/mol. The van der Waals surface area contributed by atoms with E-state index in [9.17, 15) is 13.2 Å². The van der Waals surface area contributed by atoms with Gasteiger partial charge in [0.25, 0.3) is 0 Å². The van der Waals surface area contributed by atoms with Gasteiger partial charge < -0.3 is 9.73 Å². The maximum atomic E-state index is 12.8. The molecule has 2 N–H and O–H groups in total. The first-order valence-corrected chi connectivity index (χ1v) is 10.8. The number of hydrogen-bond donors (Lipinski definition) is 2. The van der Waals surface area contributed by atoms with Crippen LogP contribution in [-0.4, -0.2) is 14.3 Å². The summed E-state index contributed by atoms with van der Waals surface area (Å²) in [5.74, 6) is 0.0199. The fourth-order valence-corrected chi connectivity index (χ4v) is 4.16. The summed E-state index contributed by atoms with van der Waals surface area (Å²) in [5, 5.41) is 3.32. The second kappa shape index (κ2) is 9.26. The van der Waals surface area contributed by atoms with Crippen molar-refractivity contribution in [3.63, 3.8) is 0 Å². The van der Waals surface area contributed by atoms with Crippen molar-refractivity contribution in [2.45, 2.75) is 30.8 Å². The monoisotopic (exact) mass is 432 g/mol. The lowest BCUT2D eigenvalue weighted by Gasteiger charge is -2.17. The number of carbonyl (C=O) groups excluding carboxylic acids is 1. The molecular weight excluding hydrogens is 412 g/mol. The van der Waals surface area contributed by atoms with E-state index in [1.165, 1.54) is 18.4 Å². The Morgan fingerprint density at radius 1 is 1.07 bits per heavy atom. The van der Waals surface area contributed by atoms with E-state index in [1.54, 1.807) is 36.4 Å². The number of aryl methyl sites for hydroxylation is 1. The molecule has 1 unspecified atom stereocenters. The van der Waals surface area contributed by atoms with Crippen LogP contribution >= 0.6 is 11.6 Å². The van der Waals surface area contributed by atoms with Crippen LogP contribution in [0.15, 0.2) is 76.2 Å². The maximum absolute atomic E-state index is 12.8. The molecule has 152 valence electrons. The van der Waals surface area contributed by atoms with Crippen molar-refractivity contribution in [3.05, 3.63) is 88.8 Å². The summed E-state index contributed by atoms with van der Waals surface area (Å²) in [7, 11) is -3.83. The Morgan fingerprint density at radius 2 is 1.79 bits per heavy atom. The summed E-state index contributed by atoms with van der Waals surface area (Å²) in [6.45, 7) is 2.12. The molecule has 2 aromatic carbocycles. The van der Waals surface area contributed by atoms with Crippen molar-refractivity contribution in [3.8, 4) is 0 Å². The van der Waals surface area contributed by atoms with Gasteiger partial charge in [-0.1, -0.05) is 47.5 Å². The molecule has 1 amide bonds. The molecular formula is C21H21ClN2O4S. The summed E-state index contributed by atoms with van der Waals surface area (Å²) in [6.07, 6.45) is 1.31. The molecule has 29 heavy (non-hydrogen) atoms. The minimum atomic E-state index is -3.83. The lowest BCUT2D eigenvalue weighted by atomic mass is 10.1. The molecule has 0 aliphatic heterocycles. The lowest BCUT2D eigenvalue weighted by molar-refractivity contribution is -0.121. The van der Waals surface area contributed by atoms with Crippen molar-refractivity contribution >= 4 is 27.5 Å². The van der Waals surface area contributed by atoms with Crippen molar-refractivity contribution in [2.75, 3.05) is 0 Å². The molecule has 3 aromatic rings. The summed E-state index contributed by atoms with van der Waals surface area (Å²) in [6, 6.07) is 16.1. The molecule has 1 atom stereocenters. The number of amides is 1. The molecule has 0 saturated heterocycles. The summed E-state index contributed by atoms with van der Waals surface area (Å²) >= 11 is 6.10. The second-order valence-electron chi connectivity index (χ2n) is 6.57. The van der Waals surface area contributed by atoms with Gasteiger partial charge in [-0.15, -0.1) is 0 Å². The fraction of sp³-hybridized carbons (Fsp3) is 0.190. The highest BCUT2D eigenvalue weighted by molar-refractivity contribution is 7.89. The van der Waals surface area contributed by atoms with E-state index < -0.39 is 16.1 Å². The van der Waals surface area contributed by atoms with Gasteiger partial charge in [0.1, 0.15) is 5.76 Å². The quantitative estimate of drug-likeness (QED) is 0.563. The van der Waals surface area contributed by atoms with Gasteiger partial charge in [-0.25, -0.2) is 8.42 Å². The van der Waals surface area contributed by atoms with E-state index in [0.717, 1.165) is 11.1 Å². The number of sulfonamides is 1. The average molecular weight is 433 g/mol. The molecule has 6 nitrogen and oxygen atoms in total. The normalized spacial score (nSPS) is 12.5. The molecule has 1 heterocycles. The second-order valence-corrected chi connectivity index (χ2v) is 8.70. The van der Waals surface area contributed by atoms with Gasteiger partial charge >= 0.3 is 0 Å². The molecule has 0 radical (unpaired) electrons. The fourth-order valence-electron chi connectivity index (χ4n) is 2.76. The Morgan fingerprint density at radius 3 is 2.45 bits per heavy atom. The van der Waals surface area contributed by atoms with Gasteiger partial charge in [-0.3, -0.25) is 4.79 Å². The van der Waals surface area contributed by atoms with Crippen molar-refractivity contribution < 1.29 is 17.6 Å². The standard InChI is InChI=1S/C21H21ClN2O4S/c1-15-8-10-17(11-9-15)29(26,27)24-19(20-7-4-12-28-20)13-21(25)23-14-16-5-2-3-6-18(16)22/h2-12,19,24H,13-14H2,1H3,(H,23,25). The summed E-state index contributed by atoms with van der Waals surface area (Å²) < 4.78 is 33.4. The predicted octanol–water partition coefficient (Wildman–Crippen LogP) is 3.97. The van der Waals surface area contributed by atoms with E-state index in [-0.39, 0.29) is 23.8 Å². The van der Waals surface area contributed by atoms with Crippen molar-refractivity contribution in [2.24, 2.45) is 0 Å². The third kappa shape index (κ3) is 5.69. The Hall–Kier alpha value is -2.61. The third-order valence-electron chi connectivity index (χ3n) is 4.34. The highest BCUT2D eigenvalue weighted by atomic mass is 35.5. The minimum Gasteiger partial charge on any atom is -0.468 e. The smallest absolute Gasteiger partial charge is 0.241 e. The molecule has 0 aliphatic rings. The van der Waals surface area contributed by atoms with Gasteiger partial charge in [0.05, 0.1) is 23.6 Å². The van der Waals surface area contributed by atoms with Gasteiger partial charge in [0.2, 0.25) is 15.9 Å². The lowest BCUT2D eigenvalue weighted by Crippen LogP contribution is -2.33. The van der Waals surface area contributed by atoms with Crippen LogP contribution in [0.2, 0.25) is 5.02 Å². The molecule has 0 fully saturated rings. The number of hydrogen-bond acceptors (Lipinski definition) is 4. The summed E-state index contributed by atoms with van der Waals surface area (Å²) in [5.41, 5.74) is 1.72. The Bertz CT molecular complexity index is 1060. The van der Waals surface area contributed by atoms with Crippen LogP contribution < -0.4 is 10.0 Å². The number of benzene rings is 2. The van der Waals surface area contributed by atoms with Crippen LogP contribution in [0.4, 0.5) is 0 Å². The van der Waals surface area contributed by atoms with E-state index in [1.807, 2.05) is 19.1 Å². The highest BCUT2D eigenvalue weighted by Crippen LogP contribution is 2.22. The van der Waals surface area contributed by atoms with E-state index in [4.69, 9.17) is 16.0 Å². The highest BCUT2D eigenvalue weighted by Gasteiger charge is 2.25. The number of halogens is 1. The summed E-state index contributed by atoms with van der Waals surface area (Å²) in [4.78, 5) is 12.6. The number of carbonyl (C=O) groups is 1. The number of rotatable bonds is 8. The molecule has 1 aromatic heterocycles. The van der Waals surface area contributed by atoms with Crippen LogP contribution in [0, 0.1) is 6.92 Å². The Labute approximate surface area is 174 Å². The Balaban J connectivity index is 1.71. The largest absolute Gasteiger partial charge is 0.468 e. The first kappa shape index (κ1) is 21.1. The molecule has 0 saturated carbocycles. The van der Waals surface area contributed by atoms with E-state index in [0.29, 0.717) is 10.8 Å². The van der Waals surface area contributed by atoms with Gasteiger partial charge in [-0.2, -0.15) is 4.72 Å². The van der Waals surface area contributed by atoms with Crippen molar-refractivity contribution in [1.82, 2.24) is 10.0 Å². The minimum absolute atomic E-state index is 0.121. The molecule has 0 spiro atoms. The van der Waals surface area contributed by atoms with E-state index >= 15 is 0 Å². The SMILES string of the molecule is Cc1ccc(S(=O)(=O)NC(CC(=O)NCc2ccccc2Cl)c2ccco2)cc1. The van der Waals surface area contributed by atoms with Crippen LogP contribution in [-0.2, 0) is 21.4 Å². The van der Waals surface area contributed by atoms with Gasteiger partial charge in [-0.05, 0) is 42.8 Å². The zero-order valence-corrected chi connectivity index (χ0v) is 17.3. The van der Waals surface area contributed by atoms with Crippen LogP contribution in [0.25, 0.3) is 0 Å². The third-order valence-corrected chi connectivity index (χ3v) is 6.20. The topological polar surface area (TPSA) is 88.4 Å². The molecule has 0 bridgehead atoms.